The van der Waals surface area contributed by atoms with Crippen molar-refractivity contribution in [3.63, 3.8) is 0 Å². The number of ether oxygens (including phenoxy) is 1. The molecule has 0 spiro atoms. The van der Waals surface area contributed by atoms with Crippen LogP contribution in [0.4, 0.5) is 4.79 Å². The van der Waals surface area contributed by atoms with Gasteiger partial charge >= 0.3 is 17.7 Å². The van der Waals surface area contributed by atoms with Crippen LogP contribution in [-0.2, 0) is 11.2 Å². The molecule has 1 aromatic carbocycles. The van der Waals surface area contributed by atoms with E-state index in [2.05, 4.69) is 22.2 Å². The Kier molecular flexibility index (Phi) is 8.20. The number of nitrogens with zero attached hydrogens (tertiary/aromatic N) is 1. The molecule has 2 N–H and O–H groups in total. The maximum Gasteiger partial charge on any atom is 0.336 e. The molecule has 0 saturated carbocycles. The van der Waals surface area contributed by atoms with E-state index in [1.807, 2.05) is 23.2 Å². The summed E-state index contributed by atoms with van der Waals surface area (Å²) in [5, 5.41) is 2.62. The molecule has 1 aromatic heterocycles. The Balaban J connectivity index is 1.69. The third kappa shape index (κ3) is 6.86. The Morgan fingerprint density at radius 3 is 2.43 bits per heavy atom. The highest BCUT2D eigenvalue weighted by atomic mass is 16.5. The third-order valence-corrected chi connectivity index (χ3v) is 4.14. The standard InChI is InChI=1S/C20H25N3O5/c1-15(24)28-17-14-23(20(27)22-18(17)25)19(26)21-13-9-4-2-3-6-10-16-11-7-5-8-12-16/h5,7-8,11-12,14H,2-4,6,9-10,13H2,1H3,(H,21,26)(H,22,25,27). The van der Waals surface area contributed by atoms with Crippen molar-refractivity contribution >= 4 is 12.0 Å². The van der Waals surface area contributed by atoms with Crippen LogP contribution in [0.15, 0.2) is 46.1 Å². The molecule has 0 bridgehead atoms. The van der Waals surface area contributed by atoms with Gasteiger partial charge in [-0.2, -0.15) is 0 Å². The lowest BCUT2D eigenvalue weighted by Gasteiger charge is -2.08. The van der Waals surface area contributed by atoms with Crippen molar-refractivity contribution in [1.29, 1.82) is 0 Å². The highest BCUT2D eigenvalue weighted by molar-refractivity contribution is 5.76. The van der Waals surface area contributed by atoms with Crippen LogP contribution in [0.3, 0.4) is 0 Å². The van der Waals surface area contributed by atoms with E-state index in [0.29, 0.717) is 11.1 Å². The average molecular weight is 387 g/mol. The Hall–Kier alpha value is -3.16. The summed E-state index contributed by atoms with van der Waals surface area (Å²) in [4.78, 5) is 48.3. The number of H-pyrrole nitrogens is 1. The summed E-state index contributed by atoms with van der Waals surface area (Å²) < 4.78 is 5.36. The van der Waals surface area contributed by atoms with Crippen LogP contribution in [-0.4, -0.2) is 28.1 Å². The molecular weight excluding hydrogens is 362 g/mol. The van der Waals surface area contributed by atoms with Crippen LogP contribution < -0.4 is 21.3 Å². The van der Waals surface area contributed by atoms with Crippen molar-refractivity contribution in [2.45, 2.75) is 45.4 Å². The number of amides is 1. The van der Waals surface area contributed by atoms with E-state index in [-0.39, 0.29) is 0 Å². The number of aromatic nitrogens is 2. The van der Waals surface area contributed by atoms with Gasteiger partial charge in [-0.05, 0) is 24.8 Å². The van der Waals surface area contributed by atoms with Crippen LogP contribution in [0.25, 0.3) is 0 Å². The molecule has 2 rings (SSSR count). The second-order valence-electron chi connectivity index (χ2n) is 6.45. The second-order valence-corrected chi connectivity index (χ2v) is 6.45. The van der Waals surface area contributed by atoms with Gasteiger partial charge in [-0.15, -0.1) is 0 Å². The molecule has 0 saturated heterocycles. The third-order valence-electron chi connectivity index (χ3n) is 4.14. The highest BCUT2D eigenvalue weighted by Gasteiger charge is 2.12. The number of hydrogen-bond acceptors (Lipinski definition) is 5. The molecule has 0 radical (unpaired) electrons. The van der Waals surface area contributed by atoms with Crippen molar-refractivity contribution in [3.05, 3.63) is 62.9 Å². The zero-order chi connectivity index (χ0) is 20.4. The topological polar surface area (TPSA) is 110 Å². The first-order chi connectivity index (χ1) is 13.5. The fourth-order valence-electron chi connectivity index (χ4n) is 2.74. The minimum atomic E-state index is -0.890. The lowest BCUT2D eigenvalue weighted by atomic mass is 10.1. The lowest BCUT2D eigenvalue weighted by Crippen LogP contribution is -2.40. The van der Waals surface area contributed by atoms with Gasteiger partial charge < -0.3 is 10.1 Å². The Morgan fingerprint density at radius 1 is 1.04 bits per heavy atom. The quantitative estimate of drug-likeness (QED) is 0.506. The molecule has 8 nitrogen and oxygen atoms in total. The van der Waals surface area contributed by atoms with E-state index >= 15 is 0 Å². The van der Waals surface area contributed by atoms with Crippen molar-refractivity contribution in [2.24, 2.45) is 0 Å². The summed E-state index contributed by atoms with van der Waals surface area (Å²) in [5.74, 6) is -1.12. The Bertz CT molecular complexity index is 902. The number of benzene rings is 1. The summed E-state index contributed by atoms with van der Waals surface area (Å²) in [5.41, 5.74) is -0.409. The number of esters is 1. The van der Waals surface area contributed by atoms with Gasteiger partial charge in [0, 0.05) is 13.5 Å². The van der Waals surface area contributed by atoms with Gasteiger partial charge in [-0.1, -0.05) is 49.6 Å². The lowest BCUT2D eigenvalue weighted by molar-refractivity contribution is -0.132. The van der Waals surface area contributed by atoms with Gasteiger partial charge in [0.05, 0.1) is 6.20 Å². The predicted octanol–water partition coefficient (Wildman–Crippen LogP) is 2.21. The van der Waals surface area contributed by atoms with Crippen LogP contribution >= 0.6 is 0 Å². The molecule has 0 aliphatic carbocycles. The van der Waals surface area contributed by atoms with Gasteiger partial charge in [-0.3, -0.25) is 14.6 Å². The van der Waals surface area contributed by atoms with E-state index in [1.54, 1.807) is 0 Å². The molecule has 1 amide bonds. The summed E-state index contributed by atoms with van der Waals surface area (Å²) >= 11 is 0. The van der Waals surface area contributed by atoms with Gasteiger partial charge in [-0.25, -0.2) is 14.2 Å². The number of carbonyl (C=O) groups excluding carboxylic acids is 2. The van der Waals surface area contributed by atoms with E-state index in [1.165, 1.54) is 5.56 Å². The molecule has 0 aliphatic heterocycles. The molecule has 150 valence electrons. The number of rotatable bonds is 9. The predicted molar refractivity (Wildman–Crippen MR) is 105 cm³/mol. The SMILES string of the molecule is CC(=O)Oc1cn(C(=O)NCCCCCCCc2ccccc2)c(=O)[nH]c1=O. The number of aromatic amines is 1. The molecule has 2 aromatic rings. The number of nitrogens with one attached hydrogen (secondary N) is 2. The fraction of sp³-hybridized carbons (Fsp3) is 0.400. The van der Waals surface area contributed by atoms with Crippen LogP contribution in [0.5, 0.6) is 5.75 Å². The van der Waals surface area contributed by atoms with Crippen molar-refractivity contribution < 1.29 is 14.3 Å². The summed E-state index contributed by atoms with van der Waals surface area (Å²) in [6.45, 7) is 1.53. The molecule has 0 atom stereocenters. The molecule has 8 heteroatoms. The molecule has 0 fully saturated rings. The largest absolute Gasteiger partial charge is 0.419 e. The minimum absolute atomic E-state index is 0.402. The minimum Gasteiger partial charge on any atom is -0.419 e. The first-order valence-corrected chi connectivity index (χ1v) is 9.34. The molecule has 0 aliphatic rings. The van der Waals surface area contributed by atoms with Gasteiger partial charge in [0.15, 0.2) is 0 Å². The summed E-state index contributed by atoms with van der Waals surface area (Å²) in [6, 6.07) is 9.67. The first kappa shape index (κ1) is 21.1. The van der Waals surface area contributed by atoms with E-state index in [9.17, 15) is 19.2 Å². The molecular formula is C20H25N3O5. The zero-order valence-corrected chi connectivity index (χ0v) is 15.9. The first-order valence-electron chi connectivity index (χ1n) is 9.34. The van der Waals surface area contributed by atoms with Crippen LogP contribution in [0.2, 0.25) is 0 Å². The Morgan fingerprint density at radius 2 is 1.71 bits per heavy atom. The van der Waals surface area contributed by atoms with Gasteiger partial charge in [0.1, 0.15) is 0 Å². The monoisotopic (exact) mass is 387 g/mol. The average Bonchev–Trinajstić information content (AvgIpc) is 2.66. The second kappa shape index (κ2) is 10.9. The van der Waals surface area contributed by atoms with E-state index < -0.39 is 29.0 Å². The molecule has 28 heavy (non-hydrogen) atoms. The maximum atomic E-state index is 12.1. The number of unbranched alkanes of at least 4 members (excludes halogenated alkanes) is 4. The zero-order valence-electron chi connectivity index (χ0n) is 15.9. The van der Waals surface area contributed by atoms with Crippen LogP contribution in [0, 0.1) is 0 Å². The smallest absolute Gasteiger partial charge is 0.336 e. The highest BCUT2D eigenvalue weighted by Crippen LogP contribution is 2.08. The van der Waals surface area contributed by atoms with Crippen LogP contribution in [0.1, 0.15) is 44.6 Å². The normalized spacial score (nSPS) is 10.5. The van der Waals surface area contributed by atoms with Crippen molar-refractivity contribution in [1.82, 2.24) is 14.9 Å². The molecule has 0 unspecified atom stereocenters. The van der Waals surface area contributed by atoms with E-state index in [0.717, 1.165) is 51.6 Å². The Labute approximate surface area is 162 Å². The molecule has 1 heterocycles. The van der Waals surface area contributed by atoms with Gasteiger partial charge in [0.25, 0.3) is 5.56 Å². The van der Waals surface area contributed by atoms with Gasteiger partial charge in [0.2, 0.25) is 5.75 Å². The maximum absolute atomic E-state index is 12.1. The number of aryl methyl sites for hydroxylation is 1. The number of carbonyl (C=O) groups is 2. The van der Waals surface area contributed by atoms with Crippen molar-refractivity contribution in [2.75, 3.05) is 6.54 Å². The van der Waals surface area contributed by atoms with Crippen molar-refractivity contribution in [3.8, 4) is 5.75 Å². The summed E-state index contributed by atoms with van der Waals surface area (Å²) in [6.07, 6.45) is 7.05. The fourth-order valence-corrected chi connectivity index (χ4v) is 2.74. The summed E-state index contributed by atoms with van der Waals surface area (Å²) in [7, 11) is 0. The van der Waals surface area contributed by atoms with E-state index in [4.69, 9.17) is 0 Å². The number of hydrogen-bond donors (Lipinski definition) is 2.